The van der Waals surface area contributed by atoms with E-state index in [1.54, 1.807) is 17.5 Å². The van der Waals surface area contributed by atoms with Gasteiger partial charge in [-0.2, -0.15) is 0 Å². The minimum absolute atomic E-state index is 0.115. The molecule has 1 aliphatic heterocycles. The first kappa shape index (κ1) is 21.4. The van der Waals surface area contributed by atoms with Crippen LogP contribution in [0.15, 0.2) is 51.6 Å². The second-order valence-electron chi connectivity index (χ2n) is 7.43. The standard InChI is InChI=1S/C14H10FNOS.C7H14N2OS/c1-9-2-12(7-18-9)10-3-11(5-13(15)4-10)14-6-16-8-17-14;1-5-4-11(10)7(2,3)6(8)9-5/h2-8H,1H3;5H,4H2,1-3H3,(H2,8,9). The summed E-state index contributed by atoms with van der Waals surface area (Å²) in [7, 11) is -0.867. The van der Waals surface area contributed by atoms with Crippen molar-refractivity contribution in [2.75, 3.05) is 5.75 Å². The summed E-state index contributed by atoms with van der Waals surface area (Å²) in [6.45, 7) is 7.70. The van der Waals surface area contributed by atoms with Gasteiger partial charge < -0.3 is 10.2 Å². The molecule has 0 saturated heterocycles. The Balaban J connectivity index is 0.000000188. The third-order valence-corrected chi connectivity index (χ3v) is 7.61. The number of nitrogens with zero attached hydrogens (tertiary/aromatic N) is 2. The van der Waals surface area contributed by atoms with Gasteiger partial charge in [-0.25, -0.2) is 9.37 Å². The lowest BCUT2D eigenvalue weighted by molar-refractivity contribution is 0.570. The Bertz CT molecular complexity index is 1040. The van der Waals surface area contributed by atoms with Crippen molar-refractivity contribution in [3.05, 3.63) is 52.9 Å². The summed E-state index contributed by atoms with van der Waals surface area (Å²) in [6.07, 6.45) is 2.92. The maximum absolute atomic E-state index is 13.7. The molecule has 2 N–H and O–H groups in total. The minimum atomic E-state index is -0.867. The second kappa shape index (κ2) is 8.59. The van der Waals surface area contributed by atoms with Crippen LogP contribution in [0, 0.1) is 12.7 Å². The fourth-order valence-corrected chi connectivity index (χ4v) is 4.75. The van der Waals surface area contributed by atoms with Crippen molar-refractivity contribution in [3.8, 4) is 22.5 Å². The summed E-state index contributed by atoms with van der Waals surface area (Å²) in [5.74, 6) is 1.45. The molecular weight excluding hydrogens is 409 g/mol. The molecular formula is C21H24FN3O2S2. The molecule has 0 saturated carbocycles. The zero-order valence-electron chi connectivity index (χ0n) is 16.8. The maximum atomic E-state index is 13.7. The summed E-state index contributed by atoms with van der Waals surface area (Å²) in [4.78, 5) is 9.24. The molecule has 2 atom stereocenters. The largest absolute Gasteiger partial charge is 0.444 e. The van der Waals surface area contributed by atoms with Crippen molar-refractivity contribution in [3.63, 3.8) is 0 Å². The number of amidine groups is 1. The SMILES string of the molecule is CC1CS(=O)C(C)(C)C(N)=N1.Cc1cc(-c2cc(F)cc(-c3cnco3)c2)cs1. The highest BCUT2D eigenvalue weighted by Crippen LogP contribution is 2.30. The van der Waals surface area contributed by atoms with Crippen LogP contribution in [0.4, 0.5) is 4.39 Å². The van der Waals surface area contributed by atoms with Crippen LogP contribution in [0.25, 0.3) is 22.5 Å². The number of aromatic nitrogens is 1. The van der Waals surface area contributed by atoms with Gasteiger partial charge in [0.2, 0.25) is 0 Å². The summed E-state index contributed by atoms with van der Waals surface area (Å²) in [5, 5.41) is 2.02. The van der Waals surface area contributed by atoms with E-state index in [2.05, 4.69) is 9.98 Å². The molecule has 5 nitrogen and oxygen atoms in total. The highest BCUT2D eigenvalue weighted by atomic mass is 32.2. The number of hydrogen-bond acceptors (Lipinski definition) is 6. The van der Waals surface area contributed by atoms with Gasteiger partial charge in [0.05, 0.1) is 17.0 Å². The lowest BCUT2D eigenvalue weighted by Crippen LogP contribution is -2.48. The number of aliphatic imine (C=N–C) groups is 1. The van der Waals surface area contributed by atoms with E-state index in [1.807, 2.05) is 45.2 Å². The van der Waals surface area contributed by atoms with Crippen molar-refractivity contribution in [2.24, 2.45) is 10.7 Å². The molecule has 1 aliphatic rings. The van der Waals surface area contributed by atoms with Crippen LogP contribution in [0.2, 0.25) is 0 Å². The van der Waals surface area contributed by atoms with Crippen molar-refractivity contribution < 1.29 is 13.0 Å². The third-order valence-electron chi connectivity index (χ3n) is 4.62. The molecule has 2 unspecified atom stereocenters. The lowest BCUT2D eigenvalue weighted by Gasteiger charge is -2.29. The van der Waals surface area contributed by atoms with Gasteiger partial charge in [-0.1, -0.05) is 0 Å². The van der Waals surface area contributed by atoms with Crippen LogP contribution >= 0.6 is 11.3 Å². The molecule has 8 heteroatoms. The number of aryl methyl sites for hydroxylation is 1. The molecule has 0 fully saturated rings. The van der Waals surface area contributed by atoms with E-state index in [9.17, 15) is 8.60 Å². The van der Waals surface area contributed by atoms with E-state index in [1.165, 1.54) is 23.4 Å². The molecule has 4 rings (SSSR count). The fraction of sp³-hybridized carbons (Fsp3) is 0.333. The fourth-order valence-electron chi connectivity index (χ4n) is 2.83. The van der Waals surface area contributed by atoms with E-state index >= 15 is 0 Å². The molecule has 1 aromatic carbocycles. The zero-order chi connectivity index (χ0) is 21.2. The molecule has 0 aliphatic carbocycles. The topological polar surface area (TPSA) is 81.5 Å². The van der Waals surface area contributed by atoms with Crippen LogP contribution in [-0.2, 0) is 10.8 Å². The molecule has 29 heavy (non-hydrogen) atoms. The molecule has 154 valence electrons. The van der Waals surface area contributed by atoms with Gasteiger partial charge in [0.25, 0.3) is 0 Å². The number of halogens is 1. The monoisotopic (exact) mass is 433 g/mol. The number of nitrogens with two attached hydrogens (primary N) is 1. The van der Waals surface area contributed by atoms with E-state index in [0.717, 1.165) is 11.1 Å². The van der Waals surface area contributed by atoms with Gasteiger partial charge in [-0.3, -0.25) is 9.20 Å². The summed E-state index contributed by atoms with van der Waals surface area (Å²) in [5.41, 5.74) is 8.23. The van der Waals surface area contributed by atoms with Gasteiger partial charge in [0.15, 0.2) is 12.2 Å². The molecule has 0 radical (unpaired) electrons. The van der Waals surface area contributed by atoms with Gasteiger partial charge >= 0.3 is 0 Å². The van der Waals surface area contributed by atoms with Gasteiger partial charge in [-0.15, -0.1) is 11.3 Å². The number of hydrogen-bond donors (Lipinski definition) is 1. The number of benzene rings is 1. The zero-order valence-corrected chi connectivity index (χ0v) is 18.4. The highest BCUT2D eigenvalue weighted by molar-refractivity contribution is 7.87. The molecule has 0 bridgehead atoms. The molecule has 0 amide bonds. The average Bonchev–Trinajstić information content (AvgIpc) is 3.32. The average molecular weight is 434 g/mol. The first-order valence-electron chi connectivity index (χ1n) is 9.14. The molecule has 2 aromatic heterocycles. The predicted molar refractivity (Wildman–Crippen MR) is 118 cm³/mol. The van der Waals surface area contributed by atoms with Crippen molar-refractivity contribution >= 4 is 28.0 Å². The second-order valence-corrected chi connectivity index (χ2v) is 10.6. The lowest BCUT2D eigenvalue weighted by atomic mass is 10.0. The quantitative estimate of drug-likeness (QED) is 0.630. The minimum Gasteiger partial charge on any atom is -0.444 e. The normalized spacial score (nSPS) is 20.5. The first-order chi connectivity index (χ1) is 13.7. The highest BCUT2D eigenvalue weighted by Gasteiger charge is 2.34. The number of rotatable bonds is 2. The van der Waals surface area contributed by atoms with Crippen molar-refractivity contribution in [1.82, 2.24) is 4.98 Å². The molecule has 0 spiro atoms. The van der Waals surface area contributed by atoms with Crippen LogP contribution in [0.5, 0.6) is 0 Å². The Morgan fingerprint density at radius 2 is 1.97 bits per heavy atom. The van der Waals surface area contributed by atoms with E-state index < -0.39 is 15.5 Å². The third kappa shape index (κ3) is 5.00. The first-order valence-corrected chi connectivity index (χ1v) is 11.3. The van der Waals surface area contributed by atoms with Crippen molar-refractivity contribution in [1.29, 1.82) is 0 Å². The number of oxazole rings is 1. The molecule has 3 aromatic rings. The van der Waals surface area contributed by atoms with Gasteiger partial charge in [-0.05, 0) is 68.5 Å². The van der Waals surface area contributed by atoms with Gasteiger partial charge in [0, 0.05) is 27.0 Å². The maximum Gasteiger partial charge on any atom is 0.181 e. The van der Waals surface area contributed by atoms with E-state index in [-0.39, 0.29) is 11.9 Å². The Morgan fingerprint density at radius 1 is 1.24 bits per heavy atom. The van der Waals surface area contributed by atoms with Gasteiger partial charge in [0.1, 0.15) is 11.7 Å². The Morgan fingerprint density at radius 3 is 2.55 bits per heavy atom. The summed E-state index contributed by atoms with van der Waals surface area (Å²) >= 11 is 1.65. The smallest absolute Gasteiger partial charge is 0.181 e. The van der Waals surface area contributed by atoms with Crippen LogP contribution < -0.4 is 5.73 Å². The summed E-state index contributed by atoms with van der Waals surface area (Å²) in [6, 6.07) is 7.04. The summed E-state index contributed by atoms with van der Waals surface area (Å²) < 4.78 is 29.9. The van der Waals surface area contributed by atoms with Crippen LogP contribution in [-0.4, -0.2) is 31.6 Å². The Hall–Kier alpha value is -2.32. The predicted octanol–water partition coefficient (Wildman–Crippen LogP) is 4.79. The Labute approximate surface area is 176 Å². The Kier molecular flexibility index (Phi) is 6.33. The van der Waals surface area contributed by atoms with E-state index in [4.69, 9.17) is 10.2 Å². The van der Waals surface area contributed by atoms with E-state index in [0.29, 0.717) is 22.9 Å². The van der Waals surface area contributed by atoms with Crippen LogP contribution in [0.1, 0.15) is 25.6 Å². The molecule has 3 heterocycles. The van der Waals surface area contributed by atoms with Crippen LogP contribution in [0.3, 0.4) is 0 Å². The number of thiophene rings is 1. The van der Waals surface area contributed by atoms with Crippen molar-refractivity contribution in [2.45, 2.75) is 38.5 Å².